The van der Waals surface area contributed by atoms with Crippen molar-refractivity contribution in [2.75, 3.05) is 6.54 Å². The van der Waals surface area contributed by atoms with E-state index in [1.165, 1.54) is 22.6 Å². The molecule has 6 nitrogen and oxygen atoms in total. The zero-order valence-corrected chi connectivity index (χ0v) is 13.2. The van der Waals surface area contributed by atoms with Crippen LogP contribution in [0.2, 0.25) is 0 Å². The first-order valence-corrected chi connectivity index (χ1v) is 8.54. The summed E-state index contributed by atoms with van der Waals surface area (Å²) in [4.78, 5) is 11.7. The number of sulfonamides is 1. The number of hydrogen-bond donors (Lipinski definition) is 1. The average Bonchev–Trinajstić information content (AvgIpc) is 3.04. The predicted molar refractivity (Wildman–Crippen MR) is 78.0 cm³/mol. The Balaban J connectivity index is 2.37. The van der Waals surface area contributed by atoms with Crippen LogP contribution in [0.3, 0.4) is 0 Å². The molecule has 0 bridgehead atoms. The summed E-state index contributed by atoms with van der Waals surface area (Å²) in [7, 11) is -3.79. The minimum Gasteiger partial charge on any atom is -0.475 e. The predicted octanol–water partition coefficient (Wildman–Crippen LogP) is 2.56. The Kier molecular flexibility index (Phi) is 4.50. The fourth-order valence-corrected chi connectivity index (χ4v) is 4.30. The Bertz CT molecular complexity index is 731. The summed E-state index contributed by atoms with van der Waals surface area (Å²) in [6.07, 6.45) is 0. The summed E-state index contributed by atoms with van der Waals surface area (Å²) in [5, 5.41) is 10.8. The molecule has 8 heteroatoms. The minimum absolute atomic E-state index is 0.0806. The maximum atomic E-state index is 12.6. The van der Waals surface area contributed by atoms with E-state index in [1.54, 1.807) is 6.92 Å². The van der Waals surface area contributed by atoms with E-state index < -0.39 is 16.0 Å². The first-order valence-electron chi connectivity index (χ1n) is 6.22. The smallest absolute Gasteiger partial charge is 0.371 e. The summed E-state index contributed by atoms with van der Waals surface area (Å²) in [6.45, 7) is 3.72. The zero-order valence-electron chi connectivity index (χ0n) is 11.6. The van der Waals surface area contributed by atoms with Gasteiger partial charge in [0, 0.05) is 24.0 Å². The van der Waals surface area contributed by atoms with Crippen LogP contribution in [0.25, 0.3) is 0 Å². The van der Waals surface area contributed by atoms with E-state index in [-0.39, 0.29) is 29.5 Å². The van der Waals surface area contributed by atoms with Gasteiger partial charge in [0.25, 0.3) is 0 Å². The summed E-state index contributed by atoms with van der Waals surface area (Å²) >= 11 is 1.47. The van der Waals surface area contributed by atoms with Crippen molar-refractivity contribution in [1.82, 2.24) is 4.31 Å². The van der Waals surface area contributed by atoms with Gasteiger partial charge in [-0.3, -0.25) is 0 Å². The minimum atomic E-state index is -3.79. The molecule has 2 aromatic heterocycles. The van der Waals surface area contributed by atoms with E-state index in [4.69, 9.17) is 9.52 Å². The van der Waals surface area contributed by atoms with Gasteiger partial charge >= 0.3 is 5.97 Å². The van der Waals surface area contributed by atoms with E-state index >= 15 is 0 Å². The summed E-state index contributed by atoms with van der Waals surface area (Å²) in [5.74, 6) is -1.59. The lowest BCUT2D eigenvalue weighted by molar-refractivity contribution is 0.0661. The third-order valence-electron chi connectivity index (χ3n) is 2.97. The van der Waals surface area contributed by atoms with E-state index in [0.717, 1.165) is 10.9 Å². The Morgan fingerprint density at radius 2 is 2.19 bits per heavy atom. The van der Waals surface area contributed by atoms with Crippen molar-refractivity contribution in [3.8, 4) is 0 Å². The van der Waals surface area contributed by atoms with Crippen molar-refractivity contribution in [3.63, 3.8) is 0 Å². The molecule has 0 spiro atoms. The van der Waals surface area contributed by atoms with E-state index in [1.807, 2.05) is 17.5 Å². The van der Waals surface area contributed by atoms with Gasteiger partial charge in [0.2, 0.25) is 15.8 Å². The van der Waals surface area contributed by atoms with Crippen molar-refractivity contribution in [3.05, 3.63) is 40.0 Å². The Labute approximate surface area is 126 Å². The van der Waals surface area contributed by atoms with Crippen molar-refractivity contribution in [1.29, 1.82) is 0 Å². The molecule has 114 valence electrons. The number of hydrogen-bond acceptors (Lipinski definition) is 5. The molecule has 0 aromatic carbocycles. The highest BCUT2D eigenvalue weighted by atomic mass is 32.2. The van der Waals surface area contributed by atoms with Crippen LogP contribution in [0.15, 0.2) is 32.9 Å². The molecule has 21 heavy (non-hydrogen) atoms. The lowest BCUT2D eigenvalue weighted by Gasteiger charge is -2.19. The fraction of sp³-hybridized carbons (Fsp3) is 0.308. The van der Waals surface area contributed by atoms with Crippen molar-refractivity contribution in [2.45, 2.75) is 25.3 Å². The van der Waals surface area contributed by atoms with Gasteiger partial charge < -0.3 is 9.52 Å². The standard InChI is InChI=1S/C13H15NO5S2/c1-3-14(8-10-5-4-6-20-10)21(17,18)12-7-11(13(15)16)19-9(12)2/h4-7H,3,8H2,1-2H3,(H,15,16). The molecule has 0 aliphatic rings. The highest BCUT2D eigenvalue weighted by Crippen LogP contribution is 2.25. The Hall–Kier alpha value is -1.64. The largest absolute Gasteiger partial charge is 0.475 e. The first-order chi connectivity index (χ1) is 9.86. The molecule has 0 saturated carbocycles. The molecule has 2 heterocycles. The quantitative estimate of drug-likeness (QED) is 0.880. The first kappa shape index (κ1) is 15.7. The second-order valence-electron chi connectivity index (χ2n) is 4.35. The number of aromatic carboxylic acids is 1. The van der Waals surface area contributed by atoms with Gasteiger partial charge in [0.1, 0.15) is 10.7 Å². The maximum Gasteiger partial charge on any atom is 0.371 e. The van der Waals surface area contributed by atoms with Crippen LogP contribution in [0.1, 0.15) is 28.1 Å². The number of rotatable bonds is 6. The van der Waals surface area contributed by atoms with Crippen LogP contribution in [-0.4, -0.2) is 30.3 Å². The topological polar surface area (TPSA) is 87.8 Å². The van der Waals surface area contributed by atoms with Crippen LogP contribution in [0.5, 0.6) is 0 Å². The summed E-state index contributed by atoms with van der Waals surface area (Å²) in [6, 6.07) is 4.77. The highest BCUT2D eigenvalue weighted by Gasteiger charge is 2.29. The number of nitrogens with zero attached hydrogens (tertiary/aromatic N) is 1. The van der Waals surface area contributed by atoms with Crippen LogP contribution >= 0.6 is 11.3 Å². The zero-order chi connectivity index (χ0) is 15.6. The molecule has 0 unspecified atom stereocenters. The number of carboxylic acid groups (broad SMARTS) is 1. The third kappa shape index (κ3) is 3.17. The molecular formula is C13H15NO5S2. The average molecular weight is 329 g/mol. The third-order valence-corrected chi connectivity index (χ3v) is 5.86. The van der Waals surface area contributed by atoms with Crippen molar-refractivity contribution in [2.24, 2.45) is 0 Å². The van der Waals surface area contributed by atoms with Gasteiger partial charge in [0.15, 0.2) is 0 Å². The van der Waals surface area contributed by atoms with Gasteiger partial charge in [0.05, 0.1) is 0 Å². The van der Waals surface area contributed by atoms with E-state index in [9.17, 15) is 13.2 Å². The Morgan fingerprint density at radius 1 is 1.48 bits per heavy atom. The fourth-order valence-electron chi connectivity index (χ4n) is 1.91. The lowest BCUT2D eigenvalue weighted by Crippen LogP contribution is -2.30. The molecule has 0 aliphatic carbocycles. The molecule has 0 amide bonds. The van der Waals surface area contributed by atoms with E-state index in [2.05, 4.69) is 0 Å². The van der Waals surface area contributed by atoms with Crippen LogP contribution < -0.4 is 0 Å². The number of thiophene rings is 1. The van der Waals surface area contributed by atoms with Gasteiger partial charge in [-0.05, 0) is 18.4 Å². The molecule has 0 radical (unpaired) electrons. The molecule has 0 fully saturated rings. The normalized spacial score (nSPS) is 12.0. The lowest BCUT2D eigenvalue weighted by atomic mass is 10.4. The summed E-state index contributed by atoms with van der Waals surface area (Å²) < 4.78 is 31.5. The molecule has 2 rings (SSSR count). The molecule has 0 atom stereocenters. The second kappa shape index (κ2) is 6.00. The van der Waals surface area contributed by atoms with Crippen molar-refractivity contribution < 1.29 is 22.7 Å². The van der Waals surface area contributed by atoms with Crippen LogP contribution in [0.4, 0.5) is 0 Å². The van der Waals surface area contributed by atoms with Gasteiger partial charge in [-0.15, -0.1) is 11.3 Å². The monoisotopic (exact) mass is 329 g/mol. The van der Waals surface area contributed by atoms with Gasteiger partial charge in [-0.25, -0.2) is 13.2 Å². The SMILES string of the molecule is CCN(Cc1cccs1)S(=O)(=O)c1cc(C(=O)O)oc1C. The molecule has 2 aromatic rings. The number of aryl methyl sites for hydroxylation is 1. The second-order valence-corrected chi connectivity index (χ2v) is 7.29. The van der Waals surface area contributed by atoms with Gasteiger partial charge in [-0.1, -0.05) is 13.0 Å². The van der Waals surface area contributed by atoms with Gasteiger partial charge in [-0.2, -0.15) is 4.31 Å². The van der Waals surface area contributed by atoms with Crippen LogP contribution in [-0.2, 0) is 16.6 Å². The number of furan rings is 1. The maximum absolute atomic E-state index is 12.6. The molecular weight excluding hydrogens is 314 g/mol. The molecule has 1 N–H and O–H groups in total. The number of carboxylic acids is 1. The highest BCUT2D eigenvalue weighted by molar-refractivity contribution is 7.89. The van der Waals surface area contributed by atoms with E-state index in [0.29, 0.717) is 0 Å². The Morgan fingerprint density at radius 3 is 2.67 bits per heavy atom. The summed E-state index contributed by atoms with van der Waals surface area (Å²) in [5.41, 5.74) is 0. The van der Waals surface area contributed by atoms with Crippen LogP contribution in [0, 0.1) is 6.92 Å². The molecule has 0 saturated heterocycles. The number of carbonyl (C=O) groups is 1. The molecule has 0 aliphatic heterocycles. The van der Waals surface area contributed by atoms with Crippen molar-refractivity contribution >= 4 is 27.3 Å².